The Morgan fingerprint density at radius 3 is 2.79 bits per heavy atom. The van der Waals surface area contributed by atoms with Crippen LogP contribution in [0.1, 0.15) is 34.8 Å². The first kappa shape index (κ1) is 15.7. The van der Waals surface area contributed by atoms with Crippen LogP contribution in [0.5, 0.6) is 0 Å². The van der Waals surface area contributed by atoms with E-state index >= 15 is 0 Å². The number of hydrogen-bond acceptors (Lipinski definition) is 4. The number of nitrogens with zero attached hydrogens (tertiary/aromatic N) is 1. The topological polar surface area (TPSA) is 90.8 Å². The Hall–Kier alpha value is -3.15. The van der Waals surface area contributed by atoms with Crippen LogP contribution in [0.4, 0.5) is 11.4 Å². The lowest BCUT2D eigenvalue weighted by Gasteiger charge is -2.17. The molecule has 0 saturated heterocycles. The van der Waals surface area contributed by atoms with Crippen LogP contribution in [-0.4, -0.2) is 22.7 Å². The summed E-state index contributed by atoms with van der Waals surface area (Å²) >= 11 is 0. The fourth-order valence-corrected chi connectivity index (χ4v) is 2.58. The highest BCUT2D eigenvalue weighted by atomic mass is 16.4. The van der Waals surface area contributed by atoms with E-state index in [1.54, 1.807) is 18.2 Å². The number of carboxylic acids is 1. The normalized spacial score (nSPS) is 13.9. The van der Waals surface area contributed by atoms with Crippen molar-refractivity contribution in [1.82, 2.24) is 0 Å². The number of nitrogens with one attached hydrogen (secondary N) is 2. The minimum atomic E-state index is -1.00. The summed E-state index contributed by atoms with van der Waals surface area (Å²) in [4.78, 5) is 22.6. The number of carboxylic acid groups (broad SMARTS) is 1. The van der Waals surface area contributed by atoms with E-state index in [0.717, 1.165) is 22.5 Å². The average molecular weight is 323 g/mol. The second-order valence-electron chi connectivity index (χ2n) is 5.58. The zero-order chi connectivity index (χ0) is 17.1. The van der Waals surface area contributed by atoms with Gasteiger partial charge in [-0.15, -0.1) is 0 Å². The first-order chi connectivity index (χ1) is 11.5. The first-order valence-corrected chi connectivity index (χ1v) is 7.60. The van der Waals surface area contributed by atoms with Crippen molar-refractivity contribution < 1.29 is 14.7 Å². The zero-order valence-electron chi connectivity index (χ0n) is 13.2. The van der Waals surface area contributed by atoms with Gasteiger partial charge in [0, 0.05) is 12.1 Å². The molecule has 1 aliphatic heterocycles. The lowest BCUT2D eigenvalue weighted by molar-refractivity contribution is -0.116. The Balaban J connectivity index is 1.82. The van der Waals surface area contributed by atoms with E-state index in [0.29, 0.717) is 18.5 Å². The van der Waals surface area contributed by atoms with Crippen LogP contribution in [0.2, 0.25) is 0 Å². The predicted octanol–water partition coefficient (Wildman–Crippen LogP) is 3.11. The van der Waals surface area contributed by atoms with Crippen molar-refractivity contribution in [1.29, 1.82) is 0 Å². The molecule has 0 unspecified atom stereocenters. The number of aromatic carboxylic acids is 1. The van der Waals surface area contributed by atoms with Crippen molar-refractivity contribution in [2.75, 3.05) is 10.7 Å². The number of anilines is 2. The molecule has 0 fully saturated rings. The van der Waals surface area contributed by atoms with Crippen LogP contribution in [0.3, 0.4) is 0 Å². The fraction of sp³-hybridized carbons (Fsp3) is 0.167. The SMILES string of the molecule is C/C(=N/Nc1ccccc1C(=O)O)c1ccc2c(c1)CCC(=O)N2. The van der Waals surface area contributed by atoms with Gasteiger partial charge in [-0.25, -0.2) is 4.79 Å². The van der Waals surface area contributed by atoms with Gasteiger partial charge in [0.15, 0.2) is 0 Å². The smallest absolute Gasteiger partial charge is 0.337 e. The number of hydrogen-bond donors (Lipinski definition) is 3. The molecular formula is C18H17N3O3. The maximum atomic E-state index is 11.4. The number of aryl methyl sites for hydroxylation is 1. The molecule has 6 nitrogen and oxygen atoms in total. The van der Waals surface area contributed by atoms with E-state index in [9.17, 15) is 14.7 Å². The molecule has 1 aliphatic rings. The molecule has 1 amide bonds. The van der Waals surface area contributed by atoms with E-state index < -0.39 is 5.97 Å². The molecule has 1 heterocycles. The Labute approximate surface area is 139 Å². The summed E-state index contributed by atoms with van der Waals surface area (Å²) < 4.78 is 0. The number of amides is 1. The summed E-state index contributed by atoms with van der Waals surface area (Å²) in [5.74, 6) is -0.969. The molecule has 2 aromatic carbocycles. The van der Waals surface area contributed by atoms with Gasteiger partial charge in [-0.3, -0.25) is 10.2 Å². The summed E-state index contributed by atoms with van der Waals surface area (Å²) in [6, 6.07) is 12.4. The van der Waals surface area contributed by atoms with Gasteiger partial charge in [0.2, 0.25) is 5.91 Å². The minimum Gasteiger partial charge on any atom is -0.478 e. The minimum absolute atomic E-state index is 0.0348. The second kappa shape index (κ2) is 6.54. The maximum Gasteiger partial charge on any atom is 0.337 e. The number of fused-ring (bicyclic) bond motifs is 1. The van der Waals surface area contributed by atoms with Gasteiger partial charge in [-0.05, 0) is 48.7 Å². The molecule has 0 aliphatic carbocycles. The monoisotopic (exact) mass is 323 g/mol. The van der Waals surface area contributed by atoms with E-state index in [1.165, 1.54) is 6.07 Å². The van der Waals surface area contributed by atoms with Crippen LogP contribution in [0.25, 0.3) is 0 Å². The molecule has 0 bridgehead atoms. The molecule has 3 N–H and O–H groups in total. The van der Waals surface area contributed by atoms with Gasteiger partial charge in [0.05, 0.1) is 17.0 Å². The Morgan fingerprint density at radius 1 is 1.21 bits per heavy atom. The molecule has 0 aromatic heterocycles. The van der Waals surface area contributed by atoms with Crippen molar-refractivity contribution in [2.45, 2.75) is 19.8 Å². The number of carbonyl (C=O) groups is 2. The molecule has 0 atom stereocenters. The lowest BCUT2D eigenvalue weighted by atomic mass is 9.99. The fourth-order valence-electron chi connectivity index (χ4n) is 2.58. The highest BCUT2D eigenvalue weighted by Gasteiger charge is 2.15. The van der Waals surface area contributed by atoms with E-state index in [2.05, 4.69) is 15.8 Å². The van der Waals surface area contributed by atoms with Crippen molar-refractivity contribution >= 4 is 29.0 Å². The highest BCUT2D eigenvalue weighted by molar-refractivity contribution is 6.01. The van der Waals surface area contributed by atoms with E-state index in [-0.39, 0.29) is 11.5 Å². The third kappa shape index (κ3) is 3.27. The van der Waals surface area contributed by atoms with Crippen LogP contribution >= 0.6 is 0 Å². The summed E-state index contributed by atoms with van der Waals surface area (Å²) in [7, 11) is 0. The zero-order valence-corrected chi connectivity index (χ0v) is 13.2. The lowest BCUT2D eigenvalue weighted by Crippen LogP contribution is -2.19. The van der Waals surface area contributed by atoms with Crippen molar-refractivity contribution in [2.24, 2.45) is 5.10 Å². The van der Waals surface area contributed by atoms with E-state index in [4.69, 9.17) is 0 Å². The van der Waals surface area contributed by atoms with Crippen LogP contribution in [0, 0.1) is 0 Å². The largest absolute Gasteiger partial charge is 0.478 e. The molecule has 24 heavy (non-hydrogen) atoms. The second-order valence-corrected chi connectivity index (χ2v) is 5.58. The van der Waals surface area contributed by atoms with Crippen LogP contribution < -0.4 is 10.7 Å². The average Bonchev–Trinajstić information content (AvgIpc) is 2.59. The number of para-hydroxylation sites is 1. The summed E-state index contributed by atoms with van der Waals surface area (Å²) in [6.07, 6.45) is 1.19. The Kier molecular flexibility index (Phi) is 4.29. The van der Waals surface area contributed by atoms with Crippen molar-refractivity contribution in [3.05, 3.63) is 59.2 Å². The summed E-state index contributed by atoms with van der Waals surface area (Å²) in [5.41, 5.74) is 6.99. The quantitative estimate of drug-likeness (QED) is 0.595. The van der Waals surface area contributed by atoms with Gasteiger partial charge in [-0.1, -0.05) is 18.2 Å². The van der Waals surface area contributed by atoms with Crippen LogP contribution in [0.15, 0.2) is 47.6 Å². The van der Waals surface area contributed by atoms with Gasteiger partial charge < -0.3 is 10.4 Å². The number of hydrazone groups is 1. The molecule has 122 valence electrons. The number of carbonyl (C=O) groups excluding carboxylic acids is 1. The molecule has 0 spiro atoms. The predicted molar refractivity (Wildman–Crippen MR) is 92.6 cm³/mol. The maximum absolute atomic E-state index is 11.4. The van der Waals surface area contributed by atoms with Crippen LogP contribution in [-0.2, 0) is 11.2 Å². The van der Waals surface area contributed by atoms with Gasteiger partial charge in [-0.2, -0.15) is 5.10 Å². The molecular weight excluding hydrogens is 306 g/mol. The van der Waals surface area contributed by atoms with Gasteiger partial charge in [0.1, 0.15) is 0 Å². The van der Waals surface area contributed by atoms with Crippen molar-refractivity contribution in [3.8, 4) is 0 Å². The third-order valence-corrected chi connectivity index (χ3v) is 3.92. The molecule has 3 rings (SSSR count). The standard InChI is InChI=1S/C18H17N3O3/c1-11(20-21-16-5-3-2-4-14(16)18(23)24)12-6-8-15-13(10-12)7-9-17(22)19-15/h2-6,8,10,21H,7,9H2,1H3,(H,19,22)(H,23,24)/b20-11-. The van der Waals surface area contributed by atoms with Gasteiger partial charge >= 0.3 is 5.97 Å². The van der Waals surface area contributed by atoms with E-state index in [1.807, 2.05) is 25.1 Å². The Morgan fingerprint density at radius 2 is 2.00 bits per heavy atom. The van der Waals surface area contributed by atoms with Crippen molar-refractivity contribution in [3.63, 3.8) is 0 Å². The number of rotatable bonds is 4. The molecule has 0 saturated carbocycles. The Bertz CT molecular complexity index is 843. The molecule has 0 radical (unpaired) electrons. The third-order valence-electron chi connectivity index (χ3n) is 3.92. The summed E-state index contributed by atoms with van der Waals surface area (Å²) in [6.45, 7) is 1.85. The highest BCUT2D eigenvalue weighted by Crippen LogP contribution is 2.24. The number of benzene rings is 2. The molecule has 6 heteroatoms. The summed E-state index contributed by atoms with van der Waals surface area (Å²) in [5, 5.41) is 16.3. The van der Waals surface area contributed by atoms with Gasteiger partial charge in [0.25, 0.3) is 0 Å². The first-order valence-electron chi connectivity index (χ1n) is 7.60. The molecule has 2 aromatic rings.